The molecular weight excluding hydrogens is 360 g/mol. The van der Waals surface area contributed by atoms with Gasteiger partial charge in [-0.2, -0.15) is 5.26 Å². The Labute approximate surface area is 162 Å². The van der Waals surface area contributed by atoms with Crippen LogP contribution in [0.1, 0.15) is 36.8 Å². The van der Waals surface area contributed by atoms with E-state index in [0.29, 0.717) is 25.6 Å². The second kappa shape index (κ2) is 7.35. The summed E-state index contributed by atoms with van der Waals surface area (Å²) in [4.78, 5) is 14.5. The minimum absolute atomic E-state index is 0.105. The van der Waals surface area contributed by atoms with Crippen molar-refractivity contribution < 1.29 is 14.4 Å². The lowest BCUT2D eigenvalue weighted by Gasteiger charge is -2.31. The number of hydrogen-bond donors (Lipinski definition) is 1. The quantitative estimate of drug-likeness (QED) is 0.624. The van der Waals surface area contributed by atoms with Crippen LogP contribution in [0.3, 0.4) is 0 Å². The minimum atomic E-state index is -0.550. The van der Waals surface area contributed by atoms with Crippen molar-refractivity contribution in [2.45, 2.75) is 31.1 Å². The molecule has 2 aromatic rings. The standard InChI is InChI=1S/C20H20N4O4/c21-11-14-9-16(24(25)26)12-22-19(14)23-13-20(5-1-2-6-20)15-3-4-17-18(10-15)28-8-7-27-17/h3-4,9-10,12H,1-2,5-8,13H2,(H,22,23). The molecule has 0 saturated heterocycles. The van der Waals surface area contributed by atoms with Gasteiger partial charge >= 0.3 is 0 Å². The van der Waals surface area contributed by atoms with Crippen LogP contribution in [0.25, 0.3) is 0 Å². The van der Waals surface area contributed by atoms with Crippen LogP contribution in [0.5, 0.6) is 11.5 Å². The fourth-order valence-corrected chi connectivity index (χ4v) is 4.03. The van der Waals surface area contributed by atoms with Gasteiger partial charge in [0.2, 0.25) is 0 Å². The molecule has 8 heteroatoms. The third kappa shape index (κ3) is 3.31. The Morgan fingerprint density at radius 3 is 2.68 bits per heavy atom. The lowest BCUT2D eigenvalue weighted by molar-refractivity contribution is -0.385. The second-order valence-corrected chi connectivity index (χ2v) is 7.16. The zero-order valence-corrected chi connectivity index (χ0v) is 15.3. The molecule has 2 heterocycles. The van der Waals surface area contributed by atoms with E-state index in [0.717, 1.165) is 37.2 Å². The average Bonchev–Trinajstić information content (AvgIpc) is 3.22. The maximum absolute atomic E-state index is 10.9. The molecule has 0 spiro atoms. The molecule has 2 aliphatic rings. The topological polar surface area (TPSA) is 110 Å². The Hall–Kier alpha value is -3.34. The highest BCUT2D eigenvalue weighted by Gasteiger charge is 2.36. The molecule has 1 aromatic carbocycles. The zero-order valence-electron chi connectivity index (χ0n) is 15.3. The smallest absolute Gasteiger partial charge is 0.289 e. The number of fused-ring (bicyclic) bond motifs is 1. The van der Waals surface area contributed by atoms with Crippen LogP contribution >= 0.6 is 0 Å². The number of anilines is 1. The third-order valence-electron chi connectivity index (χ3n) is 5.51. The molecule has 0 bridgehead atoms. The van der Waals surface area contributed by atoms with E-state index in [1.807, 2.05) is 12.1 Å². The van der Waals surface area contributed by atoms with Crippen molar-refractivity contribution in [2.75, 3.05) is 25.1 Å². The third-order valence-corrected chi connectivity index (χ3v) is 5.51. The summed E-state index contributed by atoms with van der Waals surface area (Å²) in [6.07, 6.45) is 5.43. The van der Waals surface area contributed by atoms with Gasteiger partial charge in [-0.25, -0.2) is 4.98 Å². The molecular formula is C20H20N4O4. The summed E-state index contributed by atoms with van der Waals surface area (Å²) in [7, 11) is 0. The first-order valence-corrected chi connectivity index (χ1v) is 9.30. The van der Waals surface area contributed by atoms with E-state index in [-0.39, 0.29) is 16.7 Å². The number of ether oxygens (including phenoxy) is 2. The van der Waals surface area contributed by atoms with E-state index >= 15 is 0 Å². The van der Waals surface area contributed by atoms with Gasteiger partial charge in [-0.05, 0) is 30.5 Å². The summed E-state index contributed by atoms with van der Waals surface area (Å²) in [6, 6.07) is 9.33. The van der Waals surface area contributed by atoms with Crippen molar-refractivity contribution in [1.29, 1.82) is 5.26 Å². The molecule has 4 rings (SSSR count). The molecule has 1 saturated carbocycles. The molecule has 0 unspecified atom stereocenters. The minimum Gasteiger partial charge on any atom is -0.486 e. The maximum atomic E-state index is 10.9. The van der Waals surface area contributed by atoms with Crippen molar-refractivity contribution in [3.05, 3.63) is 51.7 Å². The van der Waals surface area contributed by atoms with E-state index in [4.69, 9.17) is 9.47 Å². The summed E-state index contributed by atoms with van der Waals surface area (Å²) in [6.45, 7) is 1.69. The van der Waals surface area contributed by atoms with Crippen molar-refractivity contribution >= 4 is 11.5 Å². The SMILES string of the molecule is N#Cc1cc([N+](=O)[O-])cnc1NCC1(c2ccc3c(c2)OCCO3)CCCC1. The summed E-state index contributed by atoms with van der Waals surface area (Å²) in [5, 5.41) is 23.5. The molecule has 144 valence electrons. The lowest BCUT2D eigenvalue weighted by atomic mass is 9.78. The van der Waals surface area contributed by atoms with Gasteiger partial charge in [0.25, 0.3) is 5.69 Å². The van der Waals surface area contributed by atoms with Crippen LogP contribution in [0.2, 0.25) is 0 Å². The van der Waals surface area contributed by atoms with Gasteiger partial charge in [0, 0.05) is 18.0 Å². The summed E-state index contributed by atoms with van der Waals surface area (Å²) in [5.74, 6) is 1.90. The van der Waals surface area contributed by atoms with E-state index < -0.39 is 4.92 Å². The highest BCUT2D eigenvalue weighted by molar-refractivity contribution is 5.56. The molecule has 1 N–H and O–H groups in total. The van der Waals surface area contributed by atoms with Crippen LogP contribution in [-0.2, 0) is 5.41 Å². The molecule has 0 amide bonds. The molecule has 1 fully saturated rings. The molecule has 0 radical (unpaired) electrons. The first-order valence-electron chi connectivity index (χ1n) is 9.30. The van der Waals surface area contributed by atoms with Crippen LogP contribution in [-0.4, -0.2) is 29.7 Å². The second-order valence-electron chi connectivity index (χ2n) is 7.16. The zero-order chi connectivity index (χ0) is 19.6. The van der Waals surface area contributed by atoms with Gasteiger partial charge in [0.15, 0.2) is 11.5 Å². The van der Waals surface area contributed by atoms with Gasteiger partial charge < -0.3 is 14.8 Å². The Morgan fingerprint density at radius 2 is 1.96 bits per heavy atom. The van der Waals surface area contributed by atoms with Crippen molar-refractivity contribution in [2.24, 2.45) is 0 Å². The van der Waals surface area contributed by atoms with Crippen molar-refractivity contribution in [3.63, 3.8) is 0 Å². The number of rotatable bonds is 5. The van der Waals surface area contributed by atoms with Gasteiger partial charge in [-0.3, -0.25) is 10.1 Å². The normalized spacial score (nSPS) is 17.0. The van der Waals surface area contributed by atoms with Crippen LogP contribution in [0.15, 0.2) is 30.5 Å². The highest BCUT2D eigenvalue weighted by Crippen LogP contribution is 2.44. The maximum Gasteiger partial charge on any atom is 0.289 e. The van der Waals surface area contributed by atoms with Crippen LogP contribution < -0.4 is 14.8 Å². The van der Waals surface area contributed by atoms with E-state index in [9.17, 15) is 15.4 Å². The Bertz CT molecular complexity index is 948. The van der Waals surface area contributed by atoms with Crippen molar-refractivity contribution in [1.82, 2.24) is 4.98 Å². The number of benzene rings is 1. The largest absolute Gasteiger partial charge is 0.486 e. The van der Waals surface area contributed by atoms with Crippen molar-refractivity contribution in [3.8, 4) is 17.6 Å². The highest BCUT2D eigenvalue weighted by atomic mass is 16.6. The summed E-state index contributed by atoms with van der Waals surface area (Å²) < 4.78 is 11.4. The van der Waals surface area contributed by atoms with Gasteiger partial charge in [-0.15, -0.1) is 0 Å². The number of nitro groups is 1. The van der Waals surface area contributed by atoms with Gasteiger partial charge in [0.05, 0.1) is 4.92 Å². The predicted octanol–water partition coefficient (Wildman–Crippen LogP) is 3.56. The molecule has 1 aromatic heterocycles. The molecule has 28 heavy (non-hydrogen) atoms. The molecule has 0 atom stereocenters. The number of hydrogen-bond acceptors (Lipinski definition) is 7. The lowest BCUT2D eigenvalue weighted by Crippen LogP contribution is -2.32. The summed E-state index contributed by atoms with van der Waals surface area (Å²) in [5.41, 5.74) is 1.04. The number of pyridine rings is 1. The molecule has 8 nitrogen and oxygen atoms in total. The van der Waals surface area contributed by atoms with E-state index in [2.05, 4.69) is 22.4 Å². The number of nitrogens with one attached hydrogen (secondary N) is 1. The number of aromatic nitrogens is 1. The average molecular weight is 380 g/mol. The monoisotopic (exact) mass is 380 g/mol. The van der Waals surface area contributed by atoms with Crippen LogP contribution in [0, 0.1) is 21.4 Å². The first-order chi connectivity index (χ1) is 13.6. The van der Waals surface area contributed by atoms with Gasteiger partial charge in [-0.1, -0.05) is 18.9 Å². The predicted molar refractivity (Wildman–Crippen MR) is 102 cm³/mol. The van der Waals surface area contributed by atoms with Crippen LogP contribution in [0.4, 0.5) is 11.5 Å². The fraction of sp³-hybridized carbons (Fsp3) is 0.400. The Balaban J connectivity index is 1.60. The molecule has 1 aliphatic carbocycles. The number of nitrogens with zero attached hydrogens (tertiary/aromatic N) is 3. The van der Waals surface area contributed by atoms with E-state index in [1.165, 1.54) is 17.8 Å². The Morgan fingerprint density at radius 1 is 1.21 bits per heavy atom. The van der Waals surface area contributed by atoms with Gasteiger partial charge in [0.1, 0.15) is 36.9 Å². The molecule has 1 aliphatic heterocycles. The Kier molecular flexibility index (Phi) is 4.74. The number of nitriles is 1. The summed E-state index contributed by atoms with van der Waals surface area (Å²) >= 11 is 0. The fourth-order valence-electron chi connectivity index (χ4n) is 4.03. The van der Waals surface area contributed by atoms with E-state index in [1.54, 1.807) is 0 Å². The first kappa shape index (κ1) is 18.0.